The lowest BCUT2D eigenvalue weighted by molar-refractivity contribution is -0.129. The Bertz CT molecular complexity index is 516. The summed E-state index contributed by atoms with van der Waals surface area (Å²) in [5.41, 5.74) is 4.19. The fourth-order valence-electron chi connectivity index (χ4n) is 2.42. The maximum absolute atomic E-state index is 11.1. The van der Waals surface area contributed by atoms with E-state index < -0.39 is 0 Å². The van der Waals surface area contributed by atoms with Crippen LogP contribution >= 0.6 is 0 Å². The maximum Gasteiger partial charge on any atom is 0.243 e. The molecule has 22 heavy (non-hydrogen) atoms. The van der Waals surface area contributed by atoms with Gasteiger partial charge in [-0.2, -0.15) is 0 Å². The summed E-state index contributed by atoms with van der Waals surface area (Å²) in [6.07, 6.45) is 1.04. The lowest BCUT2D eigenvalue weighted by atomic mass is 10.1. The third kappa shape index (κ3) is 5.68. The highest BCUT2D eigenvalue weighted by Gasteiger charge is 2.08. The molecule has 0 aliphatic heterocycles. The number of hydrogen-bond acceptors (Lipinski definition) is 3. The molecular formula is C18H22N2O2. The minimum atomic E-state index is -0.334. The quantitative estimate of drug-likeness (QED) is 0.582. The SMILES string of the molecule is O=C(CCCN(Cc1ccccc1)Cc1ccccc1)NO. The lowest BCUT2D eigenvalue weighted by Gasteiger charge is -2.22. The smallest absolute Gasteiger partial charge is 0.243 e. The summed E-state index contributed by atoms with van der Waals surface area (Å²) in [5, 5.41) is 8.56. The van der Waals surface area contributed by atoms with Gasteiger partial charge in [0.1, 0.15) is 0 Å². The molecule has 2 aromatic carbocycles. The molecule has 0 radical (unpaired) electrons. The van der Waals surface area contributed by atoms with Gasteiger partial charge >= 0.3 is 0 Å². The van der Waals surface area contributed by atoms with Gasteiger partial charge in [-0.1, -0.05) is 60.7 Å². The molecule has 0 saturated heterocycles. The molecule has 0 aliphatic rings. The molecule has 4 nitrogen and oxygen atoms in total. The van der Waals surface area contributed by atoms with E-state index in [4.69, 9.17) is 5.21 Å². The summed E-state index contributed by atoms with van der Waals surface area (Å²) in [5.74, 6) is -0.334. The lowest BCUT2D eigenvalue weighted by Crippen LogP contribution is -2.26. The highest BCUT2D eigenvalue weighted by Crippen LogP contribution is 2.11. The van der Waals surface area contributed by atoms with Gasteiger partial charge in [0.05, 0.1) is 0 Å². The monoisotopic (exact) mass is 298 g/mol. The highest BCUT2D eigenvalue weighted by molar-refractivity contribution is 5.74. The van der Waals surface area contributed by atoms with E-state index in [0.29, 0.717) is 12.8 Å². The van der Waals surface area contributed by atoms with Gasteiger partial charge in [0.2, 0.25) is 5.91 Å². The van der Waals surface area contributed by atoms with Crippen LogP contribution < -0.4 is 5.48 Å². The topological polar surface area (TPSA) is 52.6 Å². The highest BCUT2D eigenvalue weighted by atomic mass is 16.5. The van der Waals surface area contributed by atoms with Crippen LogP contribution in [0, 0.1) is 0 Å². The van der Waals surface area contributed by atoms with Crippen LogP contribution in [0.15, 0.2) is 60.7 Å². The fraction of sp³-hybridized carbons (Fsp3) is 0.278. The molecule has 2 aromatic rings. The van der Waals surface area contributed by atoms with Gasteiger partial charge in [0.15, 0.2) is 0 Å². The van der Waals surface area contributed by atoms with E-state index >= 15 is 0 Å². The molecule has 2 N–H and O–H groups in total. The van der Waals surface area contributed by atoms with Gasteiger partial charge in [-0.25, -0.2) is 5.48 Å². The van der Waals surface area contributed by atoms with Crippen LogP contribution in [0.1, 0.15) is 24.0 Å². The van der Waals surface area contributed by atoms with E-state index in [1.54, 1.807) is 5.48 Å². The molecule has 0 atom stereocenters. The van der Waals surface area contributed by atoms with Crippen LogP contribution in [0.25, 0.3) is 0 Å². The summed E-state index contributed by atoms with van der Waals surface area (Å²) in [6.45, 7) is 2.49. The minimum Gasteiger partial charge on any atom is -0.295 e. The first-order valence-electron chi connectivity index (χ1n) is 7.51. The summed E-state index contributed by atoms with van der Waals surface area (Å²) in [4.78, 5) is 13.4. The number of amides is 1. The average molecular weight is 298 g/mol. The molecule has 116 valence electrons. The van der Waals surface area contributed by atoms with Crippen molar-refractivity contribution < 1.29 is 10.0 Å². The first-order chi connectivity index (χ1) is 10.8. The molecule has 2 rings (SSSR count). The molecule has 0 aromatic heterocycles. The second-order valence-corrected chi connectivity index (χ2v) is 5.32. The van der Waals surface area contributed by atoms with Crippen LogP contribution in [0.4, 0.5) is 0 Å². The molecule has 0 unspecified atom stereocenters. The van der Waals surface area contributed by atoms with Crippen LogP contribution in [0.2, 0.25) is 0 Å². The molecular weight excluding hydrogens is 276 g/mol. The Labute approximate surface area is 131 Å². The number of carbonyl (C=O) groups is 1. The Morgan fingerprint density at radius 3 is 1.86 bits per heavy atom. The number of nitrogens with one attached hydrogen (secondary N) is 1. The second-order valence-electron chi connectivity index (χ2n) is 5.32. The van der Waals surface area contributed by atoms with Crippen LogP contribution in [-0.4, -0.2) is 22.6 Å². The van der Waals surface area contributed by atoms with Crippen molar-refractivity contribution in [3.63, 3.8) is 0 Å². The Balaban J connectivity index is 1.95. The molecule has 0 saturated carbocycles. The number of nitrogens with zero attached hydrogens (tertiary/aromatic N) is 1. The Morgan fingerprint density at radius 2 is 1.41 bits per heavy atom. The largest absolute Gasteiger partial charge is 0.295 e. The summed E-state index contributed by atoms with van der Waals surface area (Å²) >= 11 is 0. The normalized spacial score (nSPS) is 10.6. The molecule has 1 amide bonds. The van der Waals surface area contributed by atoms with Gasteiger partial charge < -0.3 is 0 Å². The van der Waals surface area contributed by atoms with Crippen LogP contribution in [0.3, 0.4) is 0 Å². The Kier molecular flexibility index (Phi) is 6.61. The van der Waals surface area contributed by atoms with Gasteiger partial charge in [0.25, 0.3) is 0 Å². The van der Waals surface area contributed by atoms with Gasteiger partial charge in [0, 0.05) is 19.5 Å². The minimum absolute atomic E-state index is 0.330. The third-order valence-electron chi connectivity index (χ3n) is 3.50. The van der Waals surface area contributed by atoms with Crippen molar-refractivity contribution in [3.05, 3.63) is 71.8 Å². The van der Waals surface area contributed by atoms with E-state index in [0.717, 1.165) is 19.6 Å². The summed E-state index contributed by atoms with van der Waals surface area (Å²) in [7, 11) is 0. The van der Waals surface area contributed by atoms with Gasteiger partial charge in [-0.15, -0.1) is 0 Å². The standard InChI is InChI=1S/C18H22N2O2/c21-18(19-22)12-7-13-20(14-16-8-3-1-4-9-16)15-17-10-5-2-6-11-17/h1-6,8-11,22H,7,12-15H2,(H,19,21). The van der Waals surface area contributed by atoms with Crippen molar-refractivity contribution in [1.29, 1.82) is 0 Å². The number of hydrogen-bond donors (Lipinski definition) is 2. The van der Waals surface area contributed by atoms with E-state index in [-0.39, 0.29) is 5.91 Å². The zero-order valence-corrected chi connectivity index (χ0v) is 12.6. The molecule has 0 bridgehead atoms. The molecule has 0 heterocycles. The predicted octanol–water partition coefficient (Wildman–Crippen LogP) is 2.97. The number of carbonyl (C=O) groups excluding carboxylic acids is 1. The third-order valence-corrected chi connectivity index (χ3v) is 3.50. The first-order valence-corrected chi connectivity index (χ1v) is 7.51. The molecule has 0 fully saturated rings. The van der Waals surface area contributed by atoms with Gasteiger partial charge in [-0.05, 0) is 24.1 Å². The summed E-state index contributed by atoms with van der Waals surface area (Å²) < 4.78 is 0. The van der Waals surface area contributed by atoms with Crippen molar-refractivity contribution in [2.75, 3.05) is 6.54 Å². The average Bonchev–Trinajstić information content (AvgIpc) is 2.56. The second kappa shape index (κ2) is 8.97. The maximum atomic E-state index is 11.1. The number of benzene rings is 2. The van der Waals surface area contributed by atoms with E-state index in [9.17, 15) is 4.79 Å². The zero-order chi connectivity index (χ0) is 15.6. The molecule has 0 aliphatic carbocycles. The number of hydroxylamine groups is 1. The van der Waals surface area contributed by atoms with Crippen molar-refractivity contribution in [1.82, 2.24) is 10.4 Å². The number of rotatable bonds is 8. The van der Waals surface area contributed by atoms with E-state index in [1.807, 2.05) is 36.4 Å². The van der Waals surface area contributed by atoms with Crippen LogP contribution in [0.5, 0.6) is 0 Å². The Hall–Kier alpha value is -2.17. The van der Waals surface area contributed by atoms with Crippen molar-refractivity contribution in [3.8, 4) is 0 Å². The van der Waals surface area contributed by atoms with Crippen molar-refractivity contribution >= 4 is 5.91 Å². The van der Waals surface area contributed by atoms with Crippen molar-refractivity contribution in [2.24, 2.45) is 0 Å². The fourth-order valence-corrected chi connectivity index (χ4v) is 2.42. The summed E-state index contributed by atoms with van der Waals surface area (Å²) in [6, 6.07) is 20.6. The van der Waals surface area contributed by atoms with Gasteiger partial charge in [-0.3, -0.25) is 14.9 Å². The van der Waals surface area contributed by atoms with Crippen LogP contribution in [-0.2, 0) is 17.9 Å². The molecule has 4 heteroatoms. The van der Waals surface area contributed by atoms with E-state index in [1.165, 1.54) is 11.1 Å². The Morgan fingerprint density at radius 1 is 0.909 bits per heavy atom. The van der Waals surface area contributed by atoms with Crippen molar-refractivity contribution in [2.45, 2.75) is 25.9 Å². The first kappa shape index (κ1) is 16.2. The zero-order valence-electron chi connectivity index (χ0n) is 12.6. The molecule has 0 spiro atoms. The van der Waals surface area contributed by atoms with E-state index in [2.05, 4.69) is 29.2 Å². The predicted molar refractivity (Wildman–Crippen MR) is 86.2 cm³/mol.